The Kier molecular flexibility index (Phi) is 52.6. The second kappa shape index (κ2) is 23.3. The summed E-state index contributed by atoms with van der Waals surface area (Å²) in [6.07, 6.45) is 0. The van der Waals surface area contributed by atoms with E-state index in [9.17, 15) is 0 Å². The molecule has 0 bridgehead atoms. The van der Waals surface area contributed by atoms with Crippen molar-refractivity contribution in [1.82, 2.24) is 0 Å². The van der Waals surface area contributed by atoms with Gasteiger partial charge in [-0.15, -0.1) is 0 Å². The Bertz CT molecular complexity index is 112. The molecule has 0 aliphatic heterocycles. The van der Waals surface area contributed by atoms with E-state index in [1.165, 1.54) is 0 Å². The fourth-order valence-corrected chi connectivity index (χ4v) is 0. The molecular weight excluding hydrogens is 258 g/mol. The molecule has 13 heavy (non-hydrogen) atoms. The van der Waals surface area contributed by atoms with E-state index in [-0.39, 0.29) is 71.4 Å². The van der Waals surface area contributed by atoms with Gasteiger partial charge in [0.2, 0.25) is 0 Å². The third-order valence-electron chi connectivity index (χ3n) is 0.149. The van der Waals surface area contributed by atoms with Crippen LogP contribution in [0, 0.1) is 0 Å². The van der Waals surface area contributed by atoms with Crippen molar-refractivity contribution in [3.8, 4) is 0 Å². The van der Waals surface area contributed by atoms with Crippen LogP contribution in [0.3, 0.4) is 0 Å². The normalized spacial score (nSPS) is 5.08. The predicted octanol–water partition coefficient (Wildman–Crippen LogP) is -7.14. The first-order valence-electron chi connectivity index (χ1n) is 1.59. The first kappa shape index (κ1) is 29.3. The van der Waals surface area contributed by atoms with Crippen LogP contribution in [0.15, 0.2) is 0 Å². The molecule has 0 heterocycles. The van der Waals surface area contributed by atoms with Gasteiger partial charge in [-0.05, 0) is 0 Å². The van der Waals surface area contributed by atoms with Crippen molar-refractivity contribution >= 4 is 58.8 Å². The van der Waals surface area contributed by atoms with Gasteiger partial charge < -0.3 is 29.1 Å². The van der Waals surface area contributed by atoms with Crippen molar-refractivity contribution in [3.05, 3.63) is 0 Å². The molecule has 0 rings (SSSR count). The van der Waals surface area contributed by atoms with Gasteiger partial charge in [-0.3, -0.25) is 10.5 Å². The molecule has 3 radical (unpaired) electrons. The van der Waals surface area contributed by atoms with E-state index in [0.717, 1.165) is 0 Å². The summed E-state index contributed by atoms with van der Waals surface area (Å²) in [7, 11) is -6.64. The quantitative estimate of drug-likeness (QED) is 0.284. The van der Waals surface area contributed by atoms with Gasteiger partial charge in [-0.2, -0.15) is 0 Å². The third kappa shape index (κ3) is 59.3. The number of hydrogen-bond donors (Lipinski definition) is 2. The Morgan fingerprint density at radius 1 is 1.08 bits per heavy atom. The predicted molar refractivity (Wildman–Crippen MR) is 32.9 cm³/mol. The van der Waals surface area contributed by atoms with Gasteiger partial charge in [-0.1, -0.05) is 0 Å². The second-order valence-corrected chi connectivity index (χ2v) is 2.05. The molecular formula is H3AlMgNaO8Si2. The largest absolute Gasteiger partial charge is 2.00 e. The number of rotatable bonds is 2. The van der Waals surface area contributed by atoms with Crippen LogP contribution in [-0.4, -0.2) is 69.3 Å². The molecule has 8 nitrogen and oxygen atoms in total. The monoisotopic (exact) mass is 261 g/mol. The van der Waals surface area contributed by atoms with Crippen molar-refractivity contribution in [2.75, 3.05) is 0 Å². The van der Waals surface area contributed by atoms with Crippen LogP contribution in [0.5, 0.6) is 0 Å². The second-order valence-electron chi connectivity index (χ2n) is 0.683. The van der Waals surface area contributed by atoms with E-state index in [1.54, 1.807) is 0 Å². The fourth-order valence-electron chi connectivity index (χ4n) is 0. The molecule has 0 aromatic heterocycles. The molecule has 0 atom stereocenters. The van der Waals surface area contributed by atoms with Gasteiger partial charge in [0.1, 0.15) is 0 Å². The minimum atomic E-state index is -3.32. The first-order valence-corrected chi connectivity index (χ1v) is 4.04. The van der Waals surface area contributed by atoms with E-state index >= 15 is 0 Å². The SMILES string of the molecule is O=[Si]([O-])OO.O=[Si]([O-])OO.[Al].[H-].[Mg+2].[Na+]. The number of hydrogen-bond acceptors (Lipinski definition) is 8. The summed E-state index contributed by atoms with van der Waals surface area (Å²) >= 11 is 0. The van der Waals surface area contributed by atoms with Crippen molar-refractivity contribution in [2.45, 2.75) is 0 Å². The van der Waals surface area contributed by atoms with Gasteiger partial charge in [0.15, 0.2) is 0 Å². The van der Waals surface area contributed by atoms with Gasteiger partial charge >= 0.3 is 71.0 Å². The van der Waals surface area contributed by atoms with Crippen LogP contribution in [0.4, 0.5) is 0 Å². The smallest absolute Gasteiger partial charge is 1.00 e. The molecule has 0 amide bonds. The van der Waals surface area contributed by atoms with Gasteiger partial charge in [0.05, 0.1) is 0 Å². The topological polar surface area (TPSA) is 139 Å². The zero-order valence-electron chi connectivity index (χ0n) is 7.63. The average molecular weight is 261 g/mol. The molecule has 0 aromatic carbocycles. The minimum absolute atomic E-state index is 0. The van der Waals surface area contributed by atoms with Crippen molar-refractivity contribution in [1.29, 1.82) is 0 Å². The zero-order chi connectivity index (χ0) is 8.57. The van der Waals surface area contributed by atoms with Crippen LogP contribution in [0.2, 0.25) is 0 Å². The van der Waals surface area contributed by atoms with E-state index in [1.807, 2.05) is 0 Å². The van der Waals surface area contributed by atoms with Gasteiger partial charge in [0, 0.05) is 17.4 Å². The minimum Gasteiger partial charge on any atom is -1.00 e. The molecule has 0 aliphatic rings. The summed E-state index contributed by atoms with van der Waals surface area (Å²) in [4.78, 5) is 17.9. The molecule has 0 aliphatic carbocycles. The standard InChI is InChI=1S/Al.Mg.Na.2HO4Si.H/c;;;2*1-4-5(2)3;/h;;;2*1H;/q;+2;+1;3*-1. The summed E-state index contributed by atoms with van der Waals surface area (Å²) < 4.78 is 23.4. The summed E-state index contributed by atoms with van der Waals surface area (Å²) in [5.74, 6) is 0. The Balaban J connectivity index is -0.0000000178. The zero-order valence-corrected chi connectivity index (χ0v) is 13.2. The van der Waals surface area contributed by atoms with E-state index in [2.05, 4.69) is 9.15 Å². The van der Waals surface area contributed by atoms with Crippen LogP contribution in [0.1, 0.15) is 1.43 Å². The van der Waals surface area contributed by atoms with E-state index < -0.39 is 18.3 Å². The van der Waals surface area contributed by atoms with Crippen molar-refractivity contribution in [2.24, 2.45) is 0 Å². The van der Waals surface area contributed by atoms with Crippen LogP contribution >= 0.6 is 0 Å². The Morgan fingerprint density at radius 2 is 1.15 bits per heavy atom. The van der Waals surface area contributed by atoms with Crippen LogP contribution in [-0.2, 0) is 18.1 Å². The Labute approximate surface area is 127 Å². The molecule has 0 unspecified atom stereocenters. The Morgan fingerprint density at radius 3 is 1.15 bits per heavy atom. The molecule has 13 heteroatoms. The molecule has 0 saturated heterocycles. The van der Waals surface area contributed by atoms with Gasteiger partial charge in [0.25, 0.3) is 0 Å². The molecule has 2 N–H and O–H groups in total. The molecule has 0 saturated carbocycles. The summed E-state index contributed by atoms with van der Waals surface area (Å²) in [6, 6.07) is 0. The Hall–Kier alpha value is 1.45. The molecule has 65 valence electrons. The van der Waals surface area contributed by atoms with Crippen LogP contribution in [0.25, 0.3) is 0 Å². The average Bonchev–Trinajstić information content (AvgIpc) is 1.89. The molecule has 0 aromatic rings. The summed E-state index contributed by atoms with van der Waals surface area (Å²) in [6.45, 7) is 0. The van der Waals surface area contributed by atoms with Crippen molar-refractivity contribution < 1.29 is 69.2 Å². The van der Waals surface area contributed by atoms with E-state index in [0.29, 0.717) is 0 Å². The van der Waals surface area contributed by atoms with E-state index in [4.69, 9.17) is 29.0 Å². The van der Waals surface area contributed by atoms with Crippen molar-refractivity contribution in [3.63, 3.8) is 0 Å². The van der Waals surface area contributed by atoms with Gasteiger partial charge in [-0.25, -0.2) is 0 Å². The summed E-state index contributed by atoms with van der Waals surface area (Å²) in [5, 5.41) is 14.1. The maximum Gasteiger partial charge on any atom is 2.00 e. The fraction of sp³-hybridized carbons (Fsp3) is 0. The first-order chi connectivity index (χ1) is 4.54. The van der Waals surface area contributed by atoms with Crippen LogP contribution < -0.4 is 39.1 Å². The molecule has 0 fully saturated rings. The summed E-state index contributed by atoms with van der Waals surface area (Å²) in [5.41, 5.74) is 0. The molecule has 0 spiro atoms. The maximum absolute atomic E-state index is 8.97. The third-order valence-corrected chi connectivity index (χ3v) is 0.447. The maximum atomic E-state index is 8.97.